The van der Waals surface area contributed by atoms with Crippen LogP contribution < -0.4 is 5.32 Å². The van der Waals surface area contributed by atoms with Crippen LogP contribution in [0.1, 0.15) is 44.9 Å². The maximum Gasteiger partial charge on any atom is 0.233 e. The summed E-state index contributed by atoms with van der Waals surface area (Å²) in [5, 5.41) is 3.75. The monoisotopic (exact) mass is 434 g/mol. The van der Waals surface area contributed by atoms with Gasteiger partial charge in [0.25, 0.3) is 0 Å². The summed E-state index contributed by atoms with van der Waals surface area (Å²) in [6.07, 6.45) is 6.01. The van der Waals surface area contributed by atoms with Crippen molar-refractivity contribution in [1.29, 1.82) is 0 Å². The number of carbonyl (C=O) groups is 3. The molecule has 0 unspecified atom stereocenters. The molecule has 4 atom stereocenters. The van der Waals surface area contributed by atoms with Gasteiger partial charge in [0.2, 0.25) is 17.7 Å². The van der Waals surface area contributed by atoms with Crippen LogP contribution in [0.2, 0.25) is 10.0 Å². The minimum Gasteiger partial charge on any atom is -0.326 e. The average Bonchev–Trinajstić information content (AvgIpc) is 3.39. The van der Waals surface area contributed by atoms with E-state index in [0.717, 1.165) is 19.3 Å². The molecule has 154 valence electrons. The van der Waals surface area contributed by atoms with Gasteiger partial charge in [-0.25, -0.2) is 0 Å². The van der Waals surface area contributed by atoms with Crippen LogP contribution in [0.3, 0.4) is 0 Å². The van der Waals surface area contributed by atoms with E-state index in [0.29, 0.717) is 53.3 Å². The molecule has 5 nitrogen and oxygen atoms in total. The fourth-order valence-electron chi connectivity index (χ4n) is 6.21. The van der Waals surface area contributed by atoms with Gasteiger partial charge < -0.3 is 5.32 Å². The zero-order chi connectivity index (χ0) is 20.3. The summed E-state index contributed by atoms with van der Waals surface area (Å²) in [5.41, 5.74) is 0.625. The third-order valence-electron chi connectivity index (χ3n) is 7.58. The van der Waals surface area contributed by atoms with E-state index in [9.17, 15) is 14.4 Å². The Balaban J connectivity index is 1.20. The van der Waals surface area contributed by atoms with Gasteiger partial charge in [0.05, 0.1) is 21.9 Å². The molecule has 1 aliphatic heterocycles. The molecule has 0 spiro atoms. The highest BCUT2D eigenvalue weighted by Gasteiger charge is 2.61. The second kappa shape index (κ2) is 7.28. The van der Waals surface area contributed by atoms with Crippen LogP contribution in [-0.2, 0) is 14.4 Å². The van der Waals surface area contributed by atoms with Gasteiger partial charge in [0.1, 0.15) is 0 Å². The quantitative estimate of drug-likeness (QED) is 0.710. The van der Waals surface area contributed by atoms with E-state index in [1.165, 1.54) is 0 Å². The van der Waals surface area contributed by atoms with Crippen LogP contribution in [0.4, 0.5) is 5.69 Å². The first kappa shape index (κ1) is 19.4. The number of hydrogen-bond donors (Lipinski definition) is 1. The minimum atomic E-state index is -0.121. The molecule has 3 amide bonds. The van der Waals surface area contributed by atoms with Crippen LogP contribution in [0.25, 0.3) is 0 Å². The number of benzene rings is 1. The standard InChI is InChI=1S/C22H24Cl2N2O3/c23-16-8-5-14(10-17(16)24)25-20(27)11-3-6-15(7-4-11)26-21(28)18-12-1-2-13(9-12)19(18)22(26)29/h5,8,10-13,15,18-19H,1-4,6-7,9H2,(H,25,27)/t11?,12-,13-,15?,18+,19+/m1/s1. The number of rotatable bonds is 3. The Kier molecular flexibility index (Phi) is 4.86. The van der Waals surface area contributed by atoms with Crippen molar-refractivity contribution in [3.8, 4) is 0 Å². The van der Waals surface area contributed by atoms with Crippen LogP contribution in [-0.4, -0.2) is 28.7 Å². The van der Waals surface area contributed by atoms with Gasteiger partial charge in [0.15, 0.2) is 0 Å². The van der Waals surface area contributed by atoms with Crippen LogP contribution in [0.15, 0.2) is 18.2 Å². The number of carbonyl (C=O) groups excluding carboxylic acids is 3. The molecule has 0 radical (unpaired) electrons. The molecular formula is C22H24Cl2N2O3. The smallest absolute Gasteiger partial charge is 0.233 e. The highest BCUT2D eigenvalue weighted by Crippen LogP contribution is 2.56. The van der Waals surface area contributed by atoms with Crippen molar-refractivity contribution >= 4 is 46.6 Å². The molecule has 2 bridgehead atoms. The maximum absolute atomic E-state index is 13.0. The van der Waals surface area contributed by atoms with Crippen molar-refractivity contribution in [2.75, 3.05) is 5.32 Å². The van der Waals surface area contributed by atoms with E-state index in [1.807, 2.05) is 0 Å². The number of hydrogen-bond acceptors (Lipinski definition) is 3. The third kappa shape index (κ3) is 3.17. The van der Waals surface area contributed by atoms with Crippen molar-refractivity contribution < 1.29 is 14.4 Å². The zero-order valence-corrected chi connectivity index (χ0v) is 17.6. The molecule has 1 saturated heterocycles. The summed E-state index contributed by atoms with van der Waals surface area (Å²) >= 11 is 11.9. The summed E-state index contributed by atoms with van der Waals surface area (Å²) in [6, 6.07) is 4.98. The van der Waals surface area contributed by atoms with E-state index in [2.05, 4.69) is 5.32 Å². The largest absolute Gasteiger partial charge is 0.326 e. The Hall–Kier alpha value is -1.59. The van der Waals surface area contributed by atoms with Gasteiger partial charge in [0, 0.05) is 17.6 Å². The lowest BCUT2D eigenvalue weighted by molar-refractivity contribution is -0.144. The predicted octanol–water partition coefficient (Wildman–Crippen LogP) is 4.52. The predicted molar refractivity (Wildman–Crippen MR) is 111 cm³/mol. The Bertz CT molecular complexity index is 853. The van der Waals surface area contributed by atoms with Crippen molar-refractivity contribution in [2.24, 2.45) is 29.6 Å². The van der Waals surface area contributed by atoms with E-state index in [4.69, 9.17) is 23.2 Å². The van der Waals surface area contributed by atoms with E-state index in [1.54, 1.807) is 23.1 Å². The topological polar surface area (TPSA) is 66.5 Å². The first-order chi connectivity index (χ1) is 13.9. The van der Waals surface area contributed by atoms with Crippen molar-refractivity contribution in [3.63, 3.8) is 0 Å². The number of amides is 3. The van der Waals surface area contributed by atoms with Crippen molar-refractivity contribution in [2.45, 2.75) is 51.0 Å². The van der Waals surface area contributed by atoms with Crippen LogP contribution in [0.5, 0.6) is 0 Å². The molecular weight excluding hydrogens is 411 g/mol. The van der Waals surface area contributed by atoms with Gasteiger partial charge in [-0.05, 0) is 75.0 Å². The molecule has 4 aliphatic rings. The highest BCUT2D eigenvalue weighted by molar-refractivity contribution is 6.42. The summed E-state index contributed by atoms with van der Waals surface area (Å²) < 4.78 is 0. The van der Waals surface area contributed by atoms with Gasteiger partial charge in [-0.15, -0.1) is 0 Å². The molecule has 3 saturated carbocycles. The fraction of sp³-hybridized carbons (Fsp3) is 0.591. The summed E-state index contributed by atoms with van der Waals surface area (Å²) in [7, 11) is 0. The van der Waals surface area contributed by atoms with Crippen molar-refractivity contribution in [1.82, 2.24) is 4.90 Å². The molecule has 1 N–H and O–H groups in total. The molecule has 3 aliphatic carbocycles. The zero-order valence-electron chi connectivity index (χ0n) is 16.1. The number of halogens is 2. The van der Waals surface area contributed by atoms with E-state index < -0.39 is 0 Å². The first-order valence-electron chi connectivity index (χ1n) is 10.6. The number of likely N-dealkylation sites (tertiary alicyclic amines) is 1. The maximum atomic E-state index is 13.0. The highest BCUT2D eigenvalue weighted by atomic mass is 35.5. The fourth-order valence-corrected chi connectivity index (χ4v) is 6.50. The lowest BCUT2D eigenvalue weighted by Gasteiger charge is -2.33. The number of fused-ring (bicyclic) bond motifs is 5. The molecule has 29 heavy (non-hydrogen) atoms. The molecule has 4 fully saturated rings. The lowest BCUT2D eigenvalue weighted by Crippen LogP contribution is -2.44. The Morgan fingerprint density at radius 3 is 2.10 bits per heavy atom. The summed E-state index contributed by atoms with van der Waals surface area (Å²) in [6.45, 7) is 0. The van der Waals surface area contributed by atoms with Crippen molar-refractivity contribution in [3.05, 3.63) is 28.2 Å². The SMILES string of the molecule is O=C(Nc1ccc(Cl)c(Cl)c1)C1CCC(N2C(=O)[C@H]3[C@@H]4CC[C@H](C4)[C@@H]3C2=O)CC1. The second-order valence-corrected chi connectivity index (χ2v) is 9.87. The molecule has 5 rings (SSSR count). The van der Waals surface area contributed by atoms with Gasteiger partial charge in [-0.3, -0.25) is 19.3 Å². The number of nitrogens with one attached hydrogen (secondary N) is 1. The summed E-state index contributed by atoms with van der Waals surface area (Å²) in [5.74, 6) is 0.681. The Labute approximate surface area is 180 Å². The molecule has 0 aromatic heterocycles. The van der Waals surface area contributed by atoms with Crippen LogP contribution in [0, 0.1) is 29.6 Å². The Morgan fingerprint density at radius 2 is 1.52 bits per heavy atom. The second-order valence-electron chi connectivity index (χ2n) is 9.05. The molecule has 1 aromatic carbocycles. The lowest BCUT2D eigenvalue weighted by atomic mass is 9.81. The Morgan fingerprint density at radius 1 is 0.897 bits per heavy atom. The molecule has 7 heteroatoms. The van der Waals surface area contributed by atoms with E-state index in [-0.39, 0.29) is 41.5 Å². The summed E-state index contributed by atoms with van der Waals surface area (Å²) in [4.78, 5) is 40.2. The number of nitrogens with zero attached hydrogens (tertiary/aromatic N) is 1. The van der Waals surface area contributed by atoms with Crippen LogP contribution >= 0.6 is 23.2 Å². The van der Waals surface area contributed by atoms with Gasteiger partial charge >= 0.3 is 0 Å². The normalized spacial score (nSPS) is 35.9. The van der Waals surface area contributed by atoms with Gasteiger partial charge in [-0.1, -0.05) is 23.2 Å². The minimum absolute atomic E-state index is 0.0455. The average molecular weight is 435 g/mol. The van der Waals surface area contributed by atoms with Gasteiger partial charge in [-0.2, -0.15) is 0 Å². The molecule has 1 aromatic rings. The van der Waals surface area contributed by atoms with E-state index >= 15 is 0 Å². The number of imide groups is 1. The first-order valence-corrected chi connectivity index (χ1v) is 11.3. The number of anilines is 1. The molecule has 1 heterocycles. The third-order valence-corrected chi connectivity index (χ3v) is 8.32.